The molecule has 1 aromatic rings. The summed E-state index contributed by atoms with van der Waals surface area (Å²) in [6.45, 7) is 2.98. The van der Waals surface area contributed by atoms with E-state index in [1.807, 2.05) is 24.3 Å². The summed E-state index contributed by atoms with van der Waals surface area (Å²) in [5.74, 6) is -0.0338. The third-order valence-corrected chi connectivity index (χ3v) is 3.38. The smallest absolute Gasteiger partial charge is 0.243 e. The molecule has 0 atom stereocenters. The zero-order chi connectivity index (χ0) is 14.6. The molecule has 1 amide bonds. The van der Waals surface area contributed by atoms with Gasteiger partial charge in [-0.05, 0) is 30.2 Å². The molecule has 1 rings (SSSR count). The molecule has 0 aliphatic rings. The summed E-state index contributed by atoms with van der Waals surface area (Å²) in [6, 6.07) is 7.41. The molecule has 0 aromatic heterocycles. The van der Waals surface area contributed by atoms with Gasteiger partial charge in [0.2, 0.25) is 5.91 Å². The fraction of sp³-hybridized carbons (Fsp3) is 0.471. The van der Waals surface area contributed by atoms with Crippen LogP contribution < -0.4 is 5.32 Å². The van der Waals surface area contributed by atoms with E-state index in [1.54, 1.807) is 12.2 Å². The molecule has 20 heavy (non-hydrogen) atoms. The van der Waals surface area contributed by atoms with Gasteiger partial charge in [-0.15, -0.1) is 0 Å². The predicted octanol–water partition coefficient (Wildman–Crippen LogP) is 4.83. The highest BCUT2D eigenvalue weighted by Crippen LogP contribution is 2.10. The van der Waals surface area contributed by atoms with E-state index in [0.717, 1.165) is 18.5 Å². The summed E-state index contributed by atoms with van der Waals surface area (Å²) in [5, 5.41) is 3.61. The second kappa shape index (κ2) is 10.5. The first-order valence-electron chi connectivity index (χ1n) is 7.44. The normalized spacial score (nSPS) is 10.9. The molecule has 3 heteroatoms. The van der Waals surface area contributed by atoms with Crippen LogP contribution in [0.15, 0.2) is 30.3 Å². The number of amides is 1. The van der Waals surface area contributed by atoms with Crippen molar-refractivity contribution >= 4 is 23.6 Å². The lowest BCUT2D eigenvalue weighted by Crippen LogP contribution is -2.21. The Hall–Kier alpha value is -1.28. The minimum absolute atomic E-state index is 0.0338. The highest BCUT2D eigenvalue weighted by atomic mass is 35.5. The number of nitrogens with one attached hydrogen (secondary N) is 1. The highest BCUT2D eigenvalue weighted by Gasteiger charge is 1.95. The van der Waals surface area contributed by atoms with Crippen molar-refractivity contribution in [3.05, 3.63) is 40.9 Å². The Kier molecular flexibility index (Phi) is 8.81. The van der Waals surface area contributed by atoms with E-state index in [2.05, 4.69) is 12.2 Å². The first-order chi connectivity index (χ1) is 9.72. The van der Waals surface area contributed by atoms with Gasteiger partial charge in [-0.25, -0.2) is 0 Å². The van der Waals surface area contributed by atoms with Crippen LogP contribution in [0.25, 0.3) is 6.08 Å². The molecule has 1 aromatic carbocycles. The van der Waals surface area contributed by atoms with Crippen molar-refractivity contribution in [2.24, 2.45) is 0 Å². The number of benzene rings is 1. The molecule has 0 unspecified atom stereocenters. The minimum Gasteiger partial charge on any atom is -0.353 e. The second-order valence-corrected chi connectivity index (χ2v) is 5.38. The van der Waals surface area contributed by atoms with Crippen LogP contribution in [0.4, 0.5) is 0 Å². The molecule has 0 aliphatic carbocycles. The van der Waals surface area contributed by atoms with Gasteiger partial charge >= 0.3 is 0 Å². The van der Waals surface area contributed by atoms with Crippen LogP contribution in [0.5, 0.6) is 0 Å². The van der Waals surface area contributed by atoms with Crippen molar-refractivity contribution in [2.45, 2.75) is 45.4 Å². The van der Waals surface area contributed by atoms with E-state index in [1.165, 1.54) is 32.1 Å². The summed E-state index contributed by atoms with van der Waals surface area (Å²) in [6.07, 6.45) is 10.8. The molecule has 0 bridgehead atoms. The molecule has 0 aliphatic heterocycles. The molecule has 1 N–H and O–H groups in total. The van der Waals surface area contributed by atoms with E-state index < -0.39 is 0 Å². The van der Waals surface area contributed by atoms with Gasteiger partial charge in [-0.2, -0.15) is 0 Å². The van der Waals surface area contributed by atoms with Crippen molar-refractivity contribution in [1.29, 1.82) is 0 Å². The molecule has 2 nitrogen and oxygen atoms in total. The van der Waals surface area contributed by atoms with Crippen molar-refractivity contribution in [2.75, 3.05) is 6.54 Å². The molecule has 0 radical (unpaired) electrons. The van der Waals surface area contributed by atoms with Crippen LogP contribution in [0, 0.1) is 0 Å². The Labute approximate surface area is 127 Å². The molecular formula is C17H24ClNO. The van der Waals surface area contributed by atoms with E-state index in [0.29, 0.717) is 5.02 Å². The van der Waals surface area contributed by atoms with Gasteiger partial charge in [0.1, 0.15) is 0 Å². The summed E-state index contributed by atoms with van der Waals surface area (Å²) in [4.78, 5) is 11.6. The van der Waals surface area contributed by atoms with Crippen LogP contribution in [0.3, 0.4) is 0 Å². The van der Waals surface area contributed by atoms with E-state index in [-0.39, 0.29) is 5.91 Å². The predicted molar refractivity (Wildman–Crippen MR) is 86.9 cm³/mol. The van der Waals surface area contributed by atoms with Gasteiger partial charge < -0.3 is 5.32 Å². The zero-order valence-corrected chi connectivity index (χ0v) is 13.0. The molecular weight excluding hydrogens is 270 g/mol. The molecule has 0 fully saturated rings. The van der Waals surface area contributed by atoms with Gasteiger partial charge in [-0.3, -0.25) is 4.79 Å². The molecule has 0 spiro atoms. The lowest BCUT2D eigenvalue weighted by molar-refractivity contribution is -0.116. The van der Waals surface area contributed by atoms with Crippen LogP contribution in [-0.4, -0.2) is 12.5 Å². The van der Waals surface area contributed by atoms with Crippen LogP contribution >= 0.6 is 11.6 Å². The summed E-state index contributed by atoms with van der Waals surface area (Å²) in [7, 11) is 0. The number of halogens is 1. The zero-order valence-electron chi connectivity index (χ0n) is 12.2. The maximum absolute atomic E-state index is 11.6. The number of rotatable bonds is 9. The van der Waals surface area contributed by atoms with Crippen molar-refractivity contribution in [3.8, 4) is 0 Å². The third kappa shape index (κ3) is 8.00. The fourth-order valence-electron chi connectivity index (χ4n) is 1.92. The van der Waals surface area contributed by atoms with Crippen molar-refractivity contribution in [3.63, 3.8) is 0 Å². The van der Waals surface area contributed by atoms with Gasteiger partial charge in [0, 0.05) is 17.6 Å². The Morgan fingerprint density at radius 2 is 1.75 bits per heavy atom. The fourth-order valence-corrected chi connectivity index (χ4v) is 2.05. The Bertz CT molecular complexity index is 412. The molecule has 0 saturated heterocycles. The van der Waals surface area contributed by atoms with Gasteiger partial charge in [-0.1, -0.05) is 62.8 Å². The van der Waals surface area contributed by atoms with Crippen LogP contribution in [0.1, 0.15) is 51.0 Å². The average molecular weight is 294 g/mol. The van der Waals surface area contributed by atoms with Crippen LogP contribution in [-0.2, 0) is 4.79 Å². The highest BCUT2D eigenvalue weighted by molar-refractivity contribution is 6.30. The summed E-state index contributed by atoms with van der Waals surface area (Å²) < 4.78 is 0. The largest absolute Gasteiger partial charge is 0.353 e. The maximum atomic E-state index is 11.6. The Balaban J connectivity index is 2.12. The molecule has 0 heterocycles. The lowest BCUT2D eigenvalue weighted by Gasteiger charge is -2.02. The SMILES string of the molecule is CCCCCCCCNC(=O)/C=C/c1ccc(Cl)cc1. The quantitative estimate of drug-likeness (QED) is 0.513. The first kappa shape index (κ1) is 16.8. The average Bonchev–Trinajstić information content (AvgIpc) is 2.46. The number of carbonyl (C=O) groups excluding carboxylic acids is 1. The van der Waals surface area contributed by atoms with Crippen LogP contribution in [0.2, 0.25) is 5.02 Å². The monoisotopic (exact) mass is 293 g/mol. The first-order valence-corrected chi connectivity index (χ1v) is 7.81. The standard InChI is InChI=1S/C17H24ClNO/c1-2-3-4-5-6-7-14-19-17(20)13-10-15-8-11-16(18)12-9-15/h8-13H,2-7,14H2,1H3,(H,19,20)/b13-10+. The Morgan fingerprint density at radius 1 is 1.10 bits per heavy atom. The van der Waals surface area contributed by atoms with E-state index in [4.69, 9.17) is 11.6 Å². The number of hydrogen-bond donors (Lipinski definition) is 1. The molecule has 0 saturated carbocycles. The van der Waals surface area contributed by atoms with Gasteiger partial charge in [0.15, 0.2) is 0 Å². The maximum Gasteiger partial charge on any atom is 0.243 e. The third-order valence-electron chi connectivity index (χ3n) is 3.13. The van der Waals surface area contributed by atoms with Crippen molar-refractivity contribution in [1.82, 2.24) is 5.32 Å². The summed E-state index contributed by atoms with van der Waals surface area (Å²) in [5.41, 5.74) is 0.976. The number of hydrogen-bond acceptors (Lipinski definition) is 1. The topological polar surface area (TPSA) is 29.1 Å². The number of carbonyl (C=O) groups is 1. The van der Waals surface area contributed by atoms with E-state index in [9.17, 15) is 4.79 Å². The van der Waals surface area contributed by atoms with E-state index >= 15 is 0 Å². The summed E-state index contributed by atoms with van der Waals surface area (Å²) >= 11 is 5.80. The molecule has 110 valence electrons. The second-order valence-electron chi connectivity index (χ2n) is 4.94. The van der Waals surface area contributed by atoms with Gasteiger partial charge in [0.05, 0.1) is 0 Å². The lowest BCUT2D eigenvalue weighted by atomic mass is 10.1. The van der Waals surface area contributed by atoms with Crippen molar-refractivity contribution < 1.29 is 4.79 Å². The van der Waals surface area contributed by atoms with Gasteiger partial charge in [0.25, 0.3) is 0 Å². The minimum atomic E-state index is -0.0338. The Morgan fingerprint density at radius 3 is 2.45 bits per heavy atom. The number of unbranched alkanes of at least 4 members (excludes halogenated alkanes) is 5.